The first-order chi connectivity index (χ1) is 15.0. The van der Waals surface area contributed by atoms with Crippen LogP contribution in [-0.4, -0.2) is 22.1 Å². The molecule has 0 aliphatic rings. The van der Waals surface area contributed by atoms with Crippen molar-refractivity contribution in [1.82, 2.24) is 9.55 Å². The van der Waals surface area contributed by atoms with Gasteiger partial charge in [0.05, 0.1) is 24.1 Å². The number of rotatable bonds is 7. The van der Waals surface area contributed by atoms with Crippen molar-refractivity contribution in [2.24, 2.45) is 0 Å². The summed E-state index contributed by atoms with van der Waals surface area (Å²) >= 11 is 7.40. The van der Waals surface area contributed by atoms with E-state index in [0.29, 0.717) is 39.0 Å². The van der Waals surface area contributed by atoms with Gasteiger partial charge in [0.2, 0.25) is 5.91 Å². The van der Waals surface area contributed by atoms with E-state index in [1.54, 1.807) is 53.9 Å². The van der Waals surface area contributed by atoms with Gasteiger partial charge in [0.25, 0.3) is 5.56 Å². The summed E-state index contributed by atoms with van der Waals surface area (Å²) in [7, 11) is 0. The Bertz CT molecular complexity index is 1280. The zero-order valence-corrected chi connectivity index (χ0v) is 18.1. The second-order valence-corrected chi connectivity index (χ2v) is 7.86. The molecule has 2 aromatic heterocycles. The molecule has 0 saturated heterocycles. The molecule has 2 heterocycles. The first kappa shape index (κ1) is 20.9. The number of nitrogens with one attached hydrogen (secondary N) is 1. The molecule has 4 aromatic rings. The van der Waals surface area contributed by atoms with Crippen molar-refractivity contribution >= 4 is 44.7 Å². The Hall–Kier alpha value is -3.36. The number of carbonyl (C=O) groups is 1. The first-order valence-corrected chi connectivity index (χ1v) is 10.7. The summed E-state index contributed by atoms with van der Waals surface area (Å²) in [6.07, 6.45) is 1.37. The third-order valence-electron chi connectivity index (χ3n) is 4.33. The van der Waals surface area contributed by atoms with Gasteiger partial charge in [0.15, 0.2) is 5.75 Å². The van der Waals surface area contributed by atoms with Crippen LogP contribution in [0.15, 0.2) is 65.0 Å². The maximum atomic E-state index is 12.6. The fraction of sp³-hybridized carbons (Fsp3) is 0.136. The van der Waals surface area contributed by atoms with Gasteiger partial charge in [-0.05, 0) is 60.8 Å². The summed E-state index contributed by atoms with van der Waals surface area (Å²) in [5.74, 6) is 1.32. The van der Waals surface area contributed by atoms with Gasteiger partial charge >= 0.3 is 0 Å². The molecule has 9 heteroatoms. The zero-order valence-electron chi connectivity index (χ0n) is 16.5. The van der Waals surface area contributed by atoms with Gasteiger partial charge in [0.1, 0.15) is 22.7 Å². The zero-order chi connectivity index (χ0) is 21.8. The first-order valence-electron chi connectivity index (χ1n) is 9.46. The standard InChI is InChI=1S/C22H18ClN3O4S/c1-2-29-15-4-6-16(7-5-15)30-19-8-3-14(23)11-18(19)25-20(27)12-26-13-24-17-9-10-31-21(17)22(26)28/h3-11,13H,2,12H2,1H3,(H,25,27). The molecule has 1 amide bonds. The molecular weight excluding hydrogens is 438 g/mol. The van der Waals surface area contributed by atoms with Crippen molar-refractivity contribution in [3.63, 3.8) is 0 Å². The largest absolute Gasteiger partial charge is 0.494 e. The highest BCUT2D eigenvalue weighted by molar-refractivity contribution is 7.17. The van der Waals surface area contributed by atoms with Crippen molar-refractivity contribution in [3.05, 3.63) is 75.6 Å². The summed E-state index contributed by atoms with van der Waals surface area (Å²) < 4.78 is 13.1. The van der Waals surface area contributed by atoms with Crippen molar-refractivity contribution in [2.75, 3.05) is 11.9 Å². The molecule has 0 spiro atoms. The maximum Gasteiger partial charge on any atom is 0.271 e. The second kappa shape index (κ2) is 9.20. The van der Waals surface area contributed by atoms with Crippen LogP contribution in [0.1, 0.15) is 6.92 Å². The lowest BCUT2D eigenvalue weighted by atomic mass is 10.2. The van der Waals surface area contributed by atoms with Crippen LogP contribution in [0.4, 0.5) is 5.69 Å². The number of fused-ring (bicyclic) bond motifs is 1. The molecule has 0 atom stereocenters. The number of aromatic nitrogens is 2. The van der Waals surface area contributed by atoms with Crippen LogP contribution in [-0.2, 0) is 11.3 Å². The van der Waals surface area contributed by atoms with Crippen LogP contribution in [0.25, 0.3) is 10.2 Å². The molecule has 1 N–H and O–H groups in total. The summed E-state index contributed by atoms with van der Waals surface area (Å²) in [6.45, 7) is 2.30. The van der Waals surface area contributed by atoms with E-state index in [-0.39, 0.29) is 12.1 Å². The fourth-order valence-electron chi connectivity index (χ4n) is 2.92. The monoisotopic (exact) mass is 455 g/mol. The predicted molar refractivity (Wildman–Crippen MR) is 122 cm³/mol. The SMILES string of the molecule is CCOc1ccc(Oc2ccc(Cl)cc2NC(=O)Cn2cnc3ccsc3c2=O)cc1. The number of hydrogen-bond acceptors (Lipinski definition) is 6. The highest BCUT2D eigenvalue weighted by Gasteiger charge is 2.13. The number of hydrogen-bond donors (Lipinski definition) is 1. The van der Waals surface area contributed by atoms with E-state index in [1.807, 2.05) is 6.92 Å². The Morgan fingerprint density at radius 3 is 2.71 bits per heavy atom. The quantitative estimate of drug-likeness (QED) is 0.426. The van der Waals surface area contributed by atoms with Crippen LogP contribution in [0, 0.1) is 0 Å². The van der Waals surface area contributed by atoms with Crippen LogP contribution in [0.3, 0.4) is 0 Å². The minimum atomic E-state index is -0.404. The molecule has 158 valence electrons. The predicted octanol–water partition coefficient (Wildman–Crippen LogP) is 4.94. The lowest BCUT2D eigenvalue weighted by molar-refractivity contribution is -0.116. The average Bonchev–Trinajstić information content (AvgIpc) is 3.23. The Morgan fingerprint density at radius 2 is 1.94 bits per heavy atom. The summed E-state index contributed by atoms with van der Waals surface area (Å²) in [6, 6.07) is 13.8. The smallest absolute Gasteiger partial charge is 0.271 e. The van der Waals surface area contributed by atoms with E-state index in [1.165, 1.54) is 22.2 Å². The molecule has 0 bridgehead atoms. The number of ether oxygens (including phenoxy) is 2. The summed E-state index contributed by atoms with van der Waals surface area (Å²) in [5, 5.41) is 4.99. The van der Waals surface area contributed by atoms with E-state index in [4.69, 9.17) is 21.1 Å². The van der Waals surface area contributed by atoms with Gasteiger partial charge in [-0.3, -0.25) is 14.2 Å². The Labute approximate surface area is 186 Å². The molecule has 0 aliphatic carbocycles. The topological polar surface area (TPSA) is 82.4 Å². The minimum absolute atomic E-state index is 0.186. The molecule has 0 unspecified atom stereocenters. The number of benzene rings is 2. The van der Waals surface area contributed by atoms with E-state index in [0.717, 1.165) is 5.75 Å². The Morgan fingerprint density at radius 1 is 1.16 bits per heavy atom. The highest BCUT2D eigenvalue weighted by atomic mass is 35.5. The molecule has 7 nitrogen and oxygen atoms in total. The van der Waals surface area contributed by atoms with Gasteiger partial charge in [-0.1, -0.05) is 11.6 Å². The fourth-order valence-corrected chi connectivity index (χ4v) is 3.89. The van der Waals surface area contributed by atoms with Gasteiger partial charge in [-0.25, -0.2) is 4.98 Å². The molecule has 2 aromatic carbocycles. The molecule has 31 heavy (non-hydrogen) atoms. The number of thiophene rings is 1. The van der Waals surface area contributed by atoms with Crippen LogP contribution in [0.2, 0.25) is 5.02 Å². The molecule has 0 radical (unpaired) electrons. The van der Waals surface area contributed by atoms with Crippen LogP contribution >= 0.6 is 22.9 Å². The minimum Gasteiger partial charge on any atom is -0.494 e. The molecule has 0 aliphatic heterocycles. The Kier molecular flexibility index (Phi) is 6.20. The maximum absolute atomic E-state index is 12.6. The lowest BCUT2D eigenvalue weighted by Crippen LogP contribution is -2.27. The molecular formula is C22H18ClN3O4S. The van der Waals surface area contributed by atoms with E-state index in [2.05, 4.69) is 10.3 Å². The van der Waals surface area contributed by atoms with Crippen molar-refractivity contribution < 1.29 is 14.3 Å². The normalized spacial score (nSPS) is 10.8. The van der Waals surface area contributed by atoms with Crippen LogP contribution < -0.4 is 20.3 Å². The van der Waals surface area contributed by atoms with Gasteiger partial charge in [-0.15, -0.1) is 11.3 Å². The van der Waals surface area contributed by atoms with Crippen molar-refractivity contribution in [3.8, 4) is 17.2 Å². The highest BCUT2D eigenvalue weighted by Crippen LogP contribution is 2.32. The number of amides is 1. The van der Waals surface area contributed by atoms with Gasteiger partial charge < -0.3 is 14.8 Å². The van der Waals surface area contributed by atoms with Crippen molar-refractivity contribution in [2.45, 2.75) is 13.5 Å². The number of halogens is 1. The Balaban J connectivity index is 1.52. The second-order valence-electron chi connectivity index (χ2n) is 6.51. The molecule has 0 fully saturated rings. The molecule has 4 rings (SSSR count). The van der Waals surface area contributed by atoms with E-state index in [9.17, 15) is 9.59 Å². The number of nitrogens with zero attached hydrogens (tertiary/aromatic N) is 2. The van der Waals surface area contributed by atoms with E-state index < -0.39 is 5.91 Å². The van der Waals surface area contributed by atoms with E-state index >= 15 is 0 Å². The summed E-state index contributed by atoms with van der Waals surface area (Å²) in [4.78, 5) is 29.3. The van der Waals surface area contributed by atoms with Crippen LogP contribution in [0.5, 0.6) is 17.2 Å². The third kappa shape index (κ3) is 4.87. The van der Waals surface area contributed by atoms with Gasteiger partial charge in [-0.2, -0.15) is 0 Å². The number of carbonyl (C=O) groups excluding carboxylic acids is 1. The van der Waals surface area contributed by atoms with Crippen molar-refractivity contribution in [1.29, 1.82) is 0 Å². The van der Waals surface area contributed by atoms with Gasteiger partial charge in [0, 0.05) is 5.02 Å². The summed E-state index contributed by atoms with van der Waals surface area (Å²) in [5.41, 5.74) is 0.754. The molecule has 0 saturated carbocycles. The lowest BCUT2D eigenvalue weighted by Gasteiger charge is -2.14. The third-order valence-corrected chi connectivity index (χ3v) is 5.45. The number of anilines is 1. The average molecular weight is 456 g/mol.